The van der Waals surface area contributed by atoms with Gasteiger partial charge in [-0.05, 0) is 42.7 Å². The molecule has 1 saturated heterocycles. The van der Waals surface area contributed by atoms with Crippen molar-refractivity contribution in [2.75, 3.05) is 24.7 Å². The number of aryl methyl sites for hydroxylation is 1. The number of rotatable bonds is 4. The van der Waals surface area contributed by atoms with Crippen molar-refractivity contribution < 1.29 is 13.2 Å². The molecule has 0 aliphatic carbocycles. The zero-order chi connectivity index (χ0) is 23.0. The molecule has 0 bridgehead atoms. The monoisotopic (exact) mass is 472 g/mol. The van der Waals surface area contributed by atoms with Gasteiger partial charge in [0.25, 0.3) is 5.56 Å². The van der Waals surface area contributed by atoms with Crippen LogP contribution >= 0.6 is 11.3 Å². The minimum absolute atomic E-state index is 0.0762. The van der Waals surface area contributed by atoms with Crippen LogP contribution in [0, 0.1) is 0 Å². The minimum atomic E-state index is -3.17. The molecule has 0 spiro atoms. The molecule has 3 aromatic rings. The Kier molecular flexibility index (Phi) is 6.02. The fourth-order valence-corrected chi connectivity index (χ4v) is 5.86. The predicted molar refractivity (Wildman–Crippen MR) is 128 cm³/mol. The van der Waals surface area contributed by atoms with E-state index in [0.717, 1.165) is 20.7 Å². The second-order valence-electron chi connectivity index (χ2n) is 7.93. The van der Waals surface area contributed by atoms with Gasteiger partial charge in [0, 0.05) is 54.6 Å². The first-order valence-electron chi connectivity index (χ1n) is 10.1. The average Bonchev–Trinajstić information content (AvgIpc) is 3.14. The molecular formula is C22H24N4O4S2. The number of carbonyl (C=O) groups excluding carboxylic acids is 1. The van der Waals surface area contributed by atoms with Gasteiger partial charge in [-0.3, -0.25) is 9.59 Å². The highest BCUT2D eigenvalue weighted by Gasteiger charge is 2.21. The third-order valence-corrected chi connectivity index (χ3v) is 7.84. The standard InChI is InChI=1S/C22H24N4O4S2/c1-14(27)24-20-11-16(4-7-23-20)19-13-25(2)22(28)18-12-17(31-21(18)19)10-15-5-8-26(9-6-15)32(3,29)30/h4,7,10-13H,5-6,8-9H2,1-3H3,(H,23,24,27). The number of thiophene rings is 1. The molecule has 0 radical (unpaired) electrons. The lowest BCUT2D eigenvalue weighted by molar-refractivity contribution is -0.114. The van der Waals surface area contributed by atoms with Gasteiger partial charge in [-0.1, -0.05) is 5.57 Å². The molecule has 168 valence electrons. The Morgan fingerprint density at radius 1 is 1.25 bits per heavy atom. The van der Waals surface area contributed by atoms with Crippen molar-refractivity contribution in [2.45, 2.75) is 19.8 Å². The first-order valence-corrected chi connectivity index (χ1v) is 12.8. The van der Waals surface area contributed by atoms with Gasteiger partial charge in [0.05, 0.1) is 11.6 Å². The SMILES string of the molecule is CC(=O)Nc1cc(-c2cn(C)c(=O)c3cc(C=C4CCN(S(C)(=O)=O)CC4)sc23)ccn1. The summed E-state index contributed by atoms with van der Waals surface area (Å²) in [4.78, 5) is 29.3. The van der Waals surface area contributed by atoms with E-state index in [9.17, 15) is 18.0 Å². The van der Waals surface area contributed by atoms with Crippen LogP contribution in [0.4, 0.5) is 5.82 Å². The summed E-state index contributed by atoms with van der Waals surface area (Å²) in [5, 5.41) is 3.32. The van der Waals surface area contributed by atoms with Crippen LogP contribution in [0.1, 0.15) is 24.6 Å². The zero-order valence-electron chi connectivity index (χ0n) is 18.1. The summed E-state index contributed by atoms with van der Waals surface area (Å²) >= 11 is 1.53. The molecule has 1 aliphatic heterocycles. The van der Waals surface area contributed by atoms with E-state index in [1.54, 1.807) is 30.1 Å². The molecular weight excluding hydrogens is 448 g/mol. The van der Waals surface area contributed by atoms with Crippen molar-refractivity contribution in [3.05, 3.63) is 51.4 Å². The molecule has 4 rings (SSSR count). The van der Waals surface area contributed by atoms with Crippen molar-refractivity contribution in [3.63, 3.8) is 0 Å². The van der Waals surface area contributed by atoms with Gasteiger partial charge in [0.1, 0.15) is 5.82 Å². The van der Waals surface area contributed by atoms with Gasteiger partial charge in [-0.25, -0.2) is 17.7 Å². The van der Waals surface area contributed by atoms with Crippen LogP contribution in [-0.4, -0.2) is 47.5 Å². The summed E-state index contributed by atoms with van der Waals surface area (Å²) in [6.45, 7) is 2.38. The van der Waals surface area contributed by atoms with Gasteiger partial charge in [-0.2, -0.15) is 0 Å². The molecule has 0 aromatic carbocycles. The van der Waals surface area contributed by atoms with Gasteiger partial charge < -0.3 is 9.88 Å². The quantitative estimate of drug-likeness (QED) is 0.629. The Balaban J connectivity index is 1.73. The van der Waals surface area contributed by atoms with Crippen LogP contribution in [0.15, 0.2) is 41.0 Å². The second kappa shape index (κ2) is 8.61. The lowest BCUT2D eigenvalue weighted by atomic mass is 10.0. The van der Waals surface area contributed by atoms with Crippen LogP contribution < -0.4 is 10.9 Å². The van der Waals surface area contributed by atoms with Gasteiger partial charge in [0.2, 0.25) is 15.9 Å². The third-order valence-electron chi connectivity index (χ3n) is 5.42. The number of pyridine rings is 2. The number of amides is 1. The molecule has 1 amide bonds. The lowest BCUT2D eigenvalue weighted by Crippen LogP contribution is -2.35. The number of fused-ring (bicyclic) bond motifs is 1. The normalized spacial score (nSPS) is 15.2. The van der Waals surface area contributed by atoms with Crippen LogP contribution in [0.5, 0.6) is 0 Å². The smallest absolute Gasteiger partial charge is 0.259 e. The maximum atomic E-state index is 12.8. The largest absolute Gasteiger partial charge is 0.317 e. The van der Waals surface area contributed by atoms with Crippen LogP contribution in [0.25, 0.3) is 27.3 Å². The summed E-state index contributed by atoms with van der Waals surface area (Å²) in [5.74, 6) is 0.251. The zero-order valence-corrected chi connectivity index (χ0v) is 19.7. The number of carbonyl (C=O) groups is 1. The van der Waals surface area contributed by atoms with Gasteiger partial charge in [0.15, 0.2) is 0 Å². The molecule has 10 heteroatoms. The number of nitrogens with zero attached hydrogens (tertiary/aromatic N) is 3. The van der Waals surface area contributed by atoms with E-state index in [2.05, 4.69) is 16.4 Å². The maximum Gasteiger partial charge on any atom is 0.259 e. The van der Waals surface area contributed by atoms with E-state index in [4.69, 9.17) is 0 Å². The van der Waals surface area contributed by atoms with Crippen molar-refractivity contribution in [2.24, 2.45) is 7.05 Å². The summed E-state index contributed by atoms with van der Waals surface area (Å²) in [6.07, 6.45) is 8.09. The summed E-state index contributed by atoms with van der Waals surface area (Å²) in [7, 11) is -1.45. The third kappa shape index (κ3) is 4.67. The molecule has 1 N–H and O–H groups in total. The first kappa shape index (κ1) is 22.4. The van der Waals surface area contributed by atoms with Crippen molar-refractivity contribution >= 4 is 49.2 Å². The van der Waals surface area contributed by atoms with E-state index in [1.807, 2.05) is 12.1 Å². The first-order chi connectivity index (χ1) is 15.1. The Hall–Kier alpha value is -2.82. The Morgan fingerprint density at radius 2 is 1.97 bits per heavy atom. The van der Waals surface area contributed by atoms with Gasteiger partial charge in [-0.15, -0.1) is 11.3 Å². The van der Waals surface area contributed by atoms with E-state index in [0.29, 0.717) is 37.1 Å². The van der Waals surface area contributed by atoms with E-state index in [1.165, 1.54) is 34.4 Å². The molecule has 0 atom stereocenters. The fourth-order valence-electron chi connectivity index (χ4n) is 3.84. The number of piperidine rings is 1. The Labute approximate surface area is 190 Å². The minimum Gasteiger partial charge on any atom is -0.317 e. The van der Waals surface area contributed by atoms with E-state index >= 15 is 0 Å². The summed E-state index contributed by atoms with van der Waals surface area (Å²) in [6, 6.07) is 5.54. The lowest BCUT2D eigenvalue weighted by Gasteiger charge is -2.26. The number of aromatic nitrogens is 2. The predicted octanol–water partition coefficient (Wildman–Crippen LogP) is 3.06. The van der Waals surface area contributed by atoms with E-state index < -0.39 is 10.0 Å². The summed E-state index contributed by atoms with van der Waals surface area (Å²) < 4.78 is 27.4. The fraction of sp³-hybridized carbons (Fsp3) is 0.318. The van der Waals surface area contributed by atoms with Gasteiger partial charge >= 0.3 is 0 Å². The highest BCUT2D eigenvalue weighted by Crippen LogP contribution is 2.35. The second-order valence-corrected chi connectivity index (χ2v) is 11.0. The van der Waals surface area contributed by atoms with Crippen LogP contribution in [0.2, 0.25) is 0 Å². The summed E-state index contributed by atoms with van der Waals surface area (Å²) in [5.41, 5.74) is 2.84. The molecule has 3 aromatic heterocycles. The molecule has 8 nitrogen and oxygen atoms in total. The van der Waals surface area contributed by atoms with E-state index in [-0.39, 0.29) is 11.5 Å². The number of hydrogen-bond acceptors (Lipinski definition) is 6. The molecule has 4 heterocycles. The highest BCUT2D eigenvalue weighted by atomic mass is 32.2. The molecule has 0 saturated carbocycles. The van der Waals surface area contributed by atoms with Crippen molar-refractivity contribution in [1.82, 2.24) is 13.9 Å². The topological polar surface area (TPSA) is 101 Å². The van der Waals surface area contributed by atoms with Crippen molar-refractivity contribution in [3.8, 4) is 11.1 Å². The molecule has 32 heavy (non-hydrogen) atoms. The Bertz CT molecular complexity index is 1390. The Morgan fingerprint density at radius 3 is 2.62 bits per heavy atom. The molecule has 1 aliphatic rings. The average molecular weight is 473 g/mol. The van der Waals surface area contributed by atoms with Crippen LogP contribution in [0.3, 0.4) is 0 Å². The number of hydrogen-bond donors (Lipinski definition) is 1. The highest BCUT2D eigenvalue weighted by molar-refractivity contribution is 7.88. The van der Waals surface area contributed by atoms with Crippen LogP contribution in [-0.2, 0) is 21.9 Å². The molecule has 0 unspecified atom stereocenters. The number of anilines is 1. The van der Waals surface area contributed by atoms with Crippen molar-refractivity contribution in [1.29, 1.82) is 0 Å². The maximum absolute atomic E-state index is 12.8. The molecule has 1 fully saturated rings. The number of nitrogens with one attached hydrogen (secondary N) is 1. The number of sulfonamides is 1.